The van der Waals surface area contributed by atoms with E-state index in [1.807, 2.05) is 7.05 Å². The smallest absolute Gasteiger partial charge is 0.0699 e. The van der Waals surface area contributed by atoms with Gasteiger partial charge in [-0.1, -0.05) is 0 Å². The minimum absolute atomic E-state index is 0.305. The van der Waals surface area contributed by atoms with Crippen molar-refractivity contribution >= 4 is 0 Å². The number of nitrogens with one attached hydrogen (secondary N) is 1. The van der Waals surface area contributed by atoms with Crippen molar-refractivity contribution in [3.8, 4) is 0 Å². The van der Waals surface area contributed by atoms with Crippen LogP contribution in [0.4, 0.5) is 0 Å². The lowest BCUT2D eigenvalue weighted by Gasteiger charge is -2.23. The van der Waals surface area contributed by atoms with Gasteiger partial charge in [0.25, 0.3) is 0 Å². The topological polar surface area (TPSA) is 30.5 Å². The highest BCUT2D eigenvalue weighted by atomic mass is 16.5. The first-order chi connectivity index (χ1) is 7.77. The van der Waals surface area contributed by atoms with Crippen molar-refractivity contribution in [1.82, 2.24) is 5.32 Å². The molecule has 0 saturated carbocycles. The molecule has 0 bridgehead atoms. The molecule has 0 aliphatic carbocycles. The molecule has 0 aromatic carbocycles. The van der Waals surface area contributed by atoms with Crippen LogP contribution in [0, 0.1) is 0 Å². The van der Waals surface area contributed by atoms with Gasteiger partial charge in [-0.25, -0.2) is 0 Å². The number of ether oxygens (including phenoxy) is 2. The summed E-state index contributed by atoms with van der Waals surface area (Å²) < 4.78 is 11.2. The fourth-order valence-corrected chi connectivity index (χ4v) is 2.43. The molecule has 3 heteroatoms. The van der Waals surface area contributed by atoms with Crippen LogP contribution in [-0.4, -0.2) is 38.5 Å². The Bertz CT molecular complexity index is 169. The summed E-state index contributed by atoms with van der Waals surface area (Å²) in [5.41, 5.74) is 0. The summed E-state index contributed by atoms with van der Waals surface area (Å²) in [5, 5.41) is 3.35. The van der Waals surface area contributed by atoms with Crippen molar-refractivity contribution in [2.45, 2.75) is 64.2 Å². The lowest BCUT2D eigenvalue weighted by atomic mass is 10.0. The van der Waals surface area contributed by atoms with E-state index in [9.17, 15) is 0 Å². The predicted molar refractivity (Wildman–Crippen MR) is 66.8 cm³/mol. The molecule has 1 N–H and O–H groups in total. The van der Waals surface area contributed by atoms with Gasteiger partial charge in [0.15, 0.2) is 0 Å². The Hall–Kier alpha value is -0.120. The zero-order valence-corrected chi connectivity index (χ0v) is 11.0. The molecular weight excluding hydrogens is 202 g/mol. The molecule has 3 unspecified atom stereocenters. The average Bonchev–Trinajstić information content (AvgIpc) is 2.77. The first kappa shape index (κ1) is 13.9. The van der Waals surface area contributed by atoms with Gasteiger partial charge < -0.3 is 14.8 Å². The van der Waals surface area contributed by atoms with Crippen molar-refractivity contribution < 1.29 is 9.47 Å². The summed E-state index contributed by atoms with van der Waals surface area (Å²) in [4.78, 5) is 0. The Labute approximate surface area is 99.9 Å². The van der Waals surface area contributed by atoms with Crippen LogP contribution in [0.15, 0.2) is 0 Å². The Kier molecular flexibility index (Phi) is 7.01. The number of hydrogen-bond acceptors (Lipinski definition) is 3. The number of rotatable bonds is 8. The van der Waals surface area contributed by atoms with Gasteiger partial charge in [0.05, 0.1) is 12.2 Å². The van der Waals surface area contributed by atoms with E-state index in [0.717, 1.165) is 13.2 Å². The second kappa shape index (κ2) is 8.04. The lowest BCUT2D eigenvalue weighted by molar-refractivity contribution is 0.0443. The third-order valence-electron chi connectivity index (χ3n) is 3.43. The molecule has 0 aromatic rings. The summed E-state index contributed by atoms with van der Waals surface area (Å²) in [6.45, 7) is 5.97. The maximum absolute atomic E-state index is 5.62. The van der Waals surface area contributed by atoms with Crippen LogP contribution in [0.2, 0.25) is 0 Å². The molecule has 1 rings (SSSR count). The lowest BCUT2D eigenvalue weighted by Crippen LogP contribution is -2.37. The van der Waals surface area contributed by atoms with E-state index in [0.29, 0.717) is 18.2 Å². The molecular formula is C13H27NO2. The van der Waals surface area contributed by atoms with Crippen molar-refractivity contribution in [3.05, 3.63) is 0 Å². The normalized spacial score (nSPS) is 24.6. The molecule has 0 spiro atoms. The molecule has 3 nitrogen and oxygen atoms in total. The quantitative estimate of drug-likeness (QED) is 0.693. The average molecular weight is 229 g/mol. The molecule has 0 radical (unpaired) electrons. The van der Waals surface area contributed by atoms with Gasteiger partial charge in [0.2, 0.25) is 0 Å². The minimum atomic E-state index is 0.305. The maximum atomic E-state index is 5.62. The van der Waals surface area contributed by atoms with Gasteiger partial charge >= 0.3 is 0 Å². The molecule has 0 amide bonds. The molecule has 1 saturated heterocycles. The molecule has 1 aliphatic heterocycles. The van der Waals surface area contributed by atoms with Crippen molar-refractivity contribution in [2.75, 3.05) is 20.3 Å². The Morgan fingerprint density at radius 1 is 1.50 bits per heavy atom. The zero-order valence-electron chi connectivity index (χ0n) is 11.0. The maximum Gasteiger partial charge on any atom is 0.0699 e. The van der Waals surface area contributed by atoms with Crippen LogP contribution >= 0.6 is 0 Å². The molecule has 1 fully saturated rings. The highest BCUT2D eigenvalue weighted by Crippen LogP contribution is 2.19. The molecule has 96 valence electrons. The van der Waals surface area contributed by atoms with E-state index in [-0.39, 0.29) is 0 Å². The van der Waals surface area contributed by atoms with Crippen LogP contribution < -0.4 is 5.32 Å². The summed E-state index contributed by atoms with van der Waals surface area (Å²) >= 11 is 0. The first-order valence-corrected chi connectivity index (χ1v) is 6.68. The number of likely N-dealkylation sites (N-methyl/N-ethyl adjacent to an activating group) is 1. The monoisotopic (exact) mass is 229 g/mol. The molecule has 16 heavy (non-hydrogen) atoms. The molecule has 1 heterocycles. The third kappa shape index (κ3) is 4.81. The summed E-state index contributed by atoms with van der Waals surface area (Å²) in [5.74, 6) is 0. The van der Waals surface area contributed by atoms with E-state index in [1.54, 1.807) is 0 Å². The van der Waals surface area contributed by atoms with E-state index in [4.69, 9.17) is 9.47 Å². The van der Waals surface area contributed by atoms with E-state index < -0.39 is 0 Å². The zero-order chi connectivity index (χ0) is 11.8. The fourth-order valence-electron chi connectivity index (χ4n) is 2.43. The first-order valence-electron chi connectivity index (χ1n) is 6.68. The molecule has 3 atom stereocenters. The minimum Gasteiger partial charge on any atom is -0.378 e. The highest BCUT2D eigenvalue weighted by molar-refractivity contribution is 4.73. The number of hydrogen-bond donors (Lipinski definition) is 1. The molecule has 1 aliphatic rings. The Balaban J connectivity index is 2.12. The van der Waals surface area contributed by atoms with Gasteiger partial charge in [-0.3, -0.25) is 0 Å². The van der Waals surface area contributed by atoms with Gasteiger partial charge in [0.1, 0.15) is 0 Å². The third-order valence-corrected chi connectivity index (χ3v) is 3.43. The van der Waals surface area contributed by atoms with Crippen LogP contribution in [-0.2, 0) is 9.47 Å². The largest absolute Gasteiger partial charge is 0.378 e. The summed E-state index contributed by atoms with van der Waals surface area (Å²) in [6.07, 6.45) is 6.95. The van der Waals surface area contributed by atoms with Crippen molar-refractivity contribution in [3.63, 3.8) is 0 Å². The van der Waals surface area contributed by atoms with Crippen molar-refractivity contribution in [1.29, 1.82) is 0 Å². The van der Waals surface area contributed by atoms with Crippen LogP contribution in [0.3, 0.4) is 0 Å². The van der Waals surface area contributed by atoms with Gasteiger partial charge in [-0.15, -0.1) is 0 Å². The van der Waals surface area contributed by atoms with Gasteiger partial charge in [-0.05, 0) is 53.0 Å². The van der Waals surface area contributed by atoms with Crippen LogP contribution in [0.1, 0.15) is 46.0 Å². The summed E-state index contributed by atoms with van der Waals surface area (Å²) in [7, 11) is 2.02. The Morgan fingerprint density at radius 2 is 2.31 bits per heavy atom. The van der Waals surface area contributed by atoms with E-state index >= 15 is 0 Å². The van der Waals surface area contributed by atoms with E-state index in [1.165, 1.54) is 32.1 Å². The Morgan fingerprint density at radius 3 is 2.88 bits per heavy atom. The van der Waals surface area contributed by atoms with Crippen molar-refractivity contribution in [2.24, 2.45) is 0 Å². The van der Waals surface area contributed by atoms with Crippen LogP contribution in [0.25, 0.3) is 0 Å². The highest BCUT2D eigenvalue weighted by Gasteiger charge is 2.18. The standard InChI is InChI=1S/C13H27NO2/c1-4-15-11(2)13(14-3)9-5-7-12-8-6-10-16-12/h11-14H,4-10H2,1-3H3. The van der Waals surface area contributed by atoms with Gasteiger partial charge in [-0.2, -0.15) is 0 Å². The van der Waals surface area contributed by atoms with Crippen LogP contribution in [0.5, 0.6) is 0 Å². The SMILES string of the molecule is CCOC(C)C(CCCC1CCCO1)NC. The molecule has 0 aromatic heterocycles. The predicted octanol–water partition coefficient (Wildman–Crippen LogP) is 2.35. The summed E-state index contributed by atoms with van der Waals surface area (Å²) in [6, 6.07) is 0.473. The van der Waals surface area contributed by atoms with E-state index in [2.05, 4.69) is 19.2 Å². The fraction of sp³-hybridized carbons (Fsp3) is 1.00. The second-order valence-corrected chi connectivity index (χ2v) is 4.62. The van der Waals surface area contributed by atoms with Gasteiger partial charge in [0, 0.05) is 19.3 Å². The second-order valence-electron chi connectivity index (χ2n) is 4.62.